The maximum atomic E-state index is 13.8. The fourth-order valence-corrected chi connectivity index (χ4v) is 3.98. The highest BCUT2D eigenvalue weighted by atomic mass is 16.5. The molecule has 0 saturated heterocycles. The summed E-state index contributed by atoms with van der Waals surface area (Å²) in [5.74, 6) is -0.163. The Morgan fingerprint density at radius 1 is 0.848 bits per heavy atom. The minimum absolute atomic E-state index is 0.341. The van der Waals surface area contributed by atoms with Crippen molar-refractivity contribution < 1.29 is 14.3 Å². The first-order valence-corrected chi connectivity index (χ1v) is 11.2. The van der Waals surface area contributed by atoms with Crippen LogP contribution in [0.15, 0.2) is 84.6 Å². The summed E-state index contributed by atoms with van der Waals surface area (Å²) in [5, 5.41) is 0. The molecule has 33 heavy (non-hydrogen) atoms. The predicted octanol–water partition coefficient (Wildman–Crippen LogP) is 5.20. The highest BCUT2D eigenvalue weighted by Gasteiger charge is 2.42. The lowest BCUT2D eigenvalue weighted by Crippen LogP contribution is -2.34. The Labute approximate surface area is 194 Å². The average Bonchev–Trinajstić information content (AvgIpc) is 3.09. The molecule has 0 radical (unpaired) electrons. The topological polar surface area (TPSA) is 49.9 Å². The van der Waals surface area contributed by atoms with Crippen LogP contribution in [-0.4, -0.2) is 30.4 Å². The van der Waals surface area contributed by atoms with Crippen LogP contribution >= 0.6 is 0 Å². The second-order valence-electron chi connectivity index (χ2n) is 8.19. The summed E-state index contributed by atoms with van der Waals surface area (Å²) in [6, 6.07) is 24.8. The van der Waals surface area contributed by atoms with Gasteiger partial charge in [-0.05, 0) is 36.6 Å². The highest BCUT2D eigenvalue weighted by molar-refractivity contribution is 6.45. The van der Waals surface area contributed by atoms with Crippen LogP contribution in [0.5, 0.6) is 5.75 Å². The molecule has 0 atom stereocenters. The predicted molar refractivity (Wildman–Crippen MR) is 131 cm³/mol. The zero-order chi connectivity index (χ0) is 23.4. The molecule has 2 amide bonds. The minimum atomic E-state index is -0.346. The lowest BCUT2D eigenvalue weighted by atomic mass is 10.0. The molecule has 0 aromatic heterocycles. The van der Waals surface area contributed by atoms with E-state index in [1.165, 1.54) is 4.90 Å². The number of aryl methyl sites for hydroxylation is 1. The molecule has 0 bridgehead atoms. The van der Waals surface area contributed by atoms with Crippen LogP contribution in [0, 0.1) is 6.92 Å². The van der Waals surface area contributed by atoms with Crippen LogP contribution in [-0.2, 0) is 16.1 Å². The van der Waals surface area contributed by atoms with Gasteiger partial charge in [-0.15, -0.1) is 0 Å². The third-order valence-corrected chi connectivity index (χ3v) is 5.61. The van der Waals surface area contributed by atoms with Gasteiger partial charge in [-0.3, -0.25) is 9.59 Å². The van der Waals surface area contributed by atoms with E-state index in [0.717, 1.165) is 23.1 Å². The maximum Gasteiger partial charge on any atom is 0.282 e. The molecular weight excluding hydrogens is 412 g/mol. The van der Waals surface area contributed by atoms with Crippen LogP contribution in [0.4, 0.5) is 5.69 Å². The largest absolute Gasteiger partial charge is 0.491 e. The maximum absolute atomic E-state index is 13.8. The number of benzene rings is 3. The molecule has 5 heteroatoms. The van der Waals surface area contributed by atoms with E-state index in [1.807, 2.05) is 92.5 Å². The number of imide groups is 1. The molecule has 3 aromatic carbocycles. The number of anilines is 1. The lowest BCUT2D eigenvalue weighted by Gasteiger charge is -2.22. The zero-order valence-corrected chi connectivity index (χ0v) is 19.2. The molecule has 1 aliphatic heterocycles. The van der Waals surface area contributed by atoms with Gasteiger partial charge in [0.05, 0.1) is 17.9 Å². The molecule has 3 aromatic rings. The molecule has 1 aliphatic rings. The van der Waals surface area contributed by atoms with Crippen molar-refractivity contribution in [2.24, 2.45) is 0 Å². The molecule has 0 saturated carbocycles. The first kappa shape index (κ1) is 22.3. The van der Waals surface area contributed by atoms with E-state index < -0.39 is 0 Å². The standard InChI is InChI=1S/C28H28N2O3/c1-4-18-33-24-13-9-8-12-23(24)30-27(31)25(22-16-14-20(2)15-17-22)26(28(30)32)29(3)19-21-10-6-5-7-11-21/h5-17H,4,18-19H2,1-3H3. The fourth-order valence-electron chi connectivity index (χ4n) is 3.98. The molecule has 168 valence electrons. The highest BCUT2D eigenvalue weighted by Crippen LogP contribution is 2.38. The number of hydrogen-bond donors (Lipinski definition) is 0. The van der Waals surface area contributed by atoms with Gasteiger partial charge in [0.1, 0.15) is 11.4 Å². The molecule has 0 aliphatic carbocycles. The van der Waals surface area contributed by atoms with E-state index in [2.05, 4.69) is 0 Å². The van der Waals surface area contributed by atoms with E-state index in [4.69, 9.17) is 4.74 Å². The number of carbonyl (C=O) groups is 2. The summed E-state index contributed by atoms with van der Waals surface area (Å²) in [7, 11) is 1.85. The molecule has 1 heterocycles. The first-order chi connectivity index (χ1) is 16.0. The van der Waals surface area contributed by atoms with Gasteiger partial charge in [-0.1, -0.05) is 79.2 Å². The first-order valence-electron chi connectivity index (χ1n) is 11.2. The number of carbonyl (C=O) groups excluding carboxylic acids is 2. The number of likely N-dealkylation sites (N-methyl/N-ethyl adjacent to an activating group) is 1. The van der Waals surface area contributed by atoms with Gasteiger partial charge in [0.2, 0.25) is 0 Å². The van der Waals surface area contributed by atoms with Crippen LogP contribution in [0.1, 0.15) is 30.0 Å². The van der Waals surface area contributed by atoms with Gasteiger partial charge in [-0.25, -0.2) is 4.90 Å². The SMILES string of the molecule is CCCOc1ccccc1N1C(=O)C(c2ccc(C)cc2)=C(N(C)Cc2ccccc2)C1=O. The van der Waals surface area contributed by atoms with Crippen LogP contribution in [0.3, 0.4) is 0 Å². The summed E-state index contributed by atoms with van der Waals surface area (Å²) in [4.78, 5) is 30.6. The van der Waals surface area contributed by atoms with Crippen molar-refractivity contribution in [2.45, 2.75) is 26.8 Å². The van der Waals surface area contributed by atoms with E-state index >= 15 is 0 Å². The van der Waals surface area contributed by atoms with Crippen molar-refractivity contribution >= 4 is 23.1 Å². The van der Waals surface area contributed by atoms with Crippen molar-refractivity contribution in [1.82, 2.24) is 4.90 Å². The summed E-state index contributed by atoms with van der Waals surface area (Å²) < 4.78 is 5.87. The van der Waals surface area contributed by atoms with Crippen molar-refractivity contribution in [3.63, 3.8) is 0 Å². The summed E-state index contributed by atoms with van der Waals surface area (Å²) >= 11 is 0. The Bertz CT molecular complexity index is 1180. The quantitative estimate of drug-likeness (QED) is 0.452. The Kier molecular flexibility index (Phi) is 6.59. The molecule has 0 spiro atoms. The van der Waals surface area contributed by atoms with E-state index in [0.29, 0.717) is 35.9 Å². The van der Waals surface area contributed by atoms with Gasteiger partial charge in [0.25, 0.3) is 11.8 Å². The molecule has 0 N–H and O–H groups in total. The number of para-hydroxylation sites is 2. The second kappa shape index (κ2) is 9.74. The van der Waals surface area contributed by atoms with E-state index in [-0.39, 0.29) is 11.8 Å². The van der Waals surface area contributed by atoms with E-state index in [9.17, 15) is 9.59 Å². The monoisotopic (exact) mass is 440 g/mol. The van der Waals surface area contributed by atoms with Crippen molar-refractivity contribution in [2.75, 3.05) is 18.6 Å². The molecule has 4 rings (SSSR count). The van der Waals surface area contributed by atoms with E-state index in [1.54, 1.807) is 12.1 Å². The number of amides is 2. The number of ether oxygens (including phenoxy) is 1. The smallest absolute Gasteiger partial charge is 0.282 e. The normalized spacial score (nSPS) is 13.6. The molecular formula is C28H28N2O3. The summed E-state index contributed by atoms with van der Waals surface area (Å²) in [5.41, 5.74) is 4.13. The van der Waals surface area contributed by atoms with Crippen molar-refractivity contribution in [1.29, 1.82) is 0 Å². The Balaban J connectivity index is 1.79. The fraction of sp³-hybridized carbons (Fsp3) is 0.214. The Morgan fingerprint density at radius 3 is 2.21 bits per heavy atom. The summed E-state index contributed by atoms with van der Waals surface area (Å²) in [6.45, 7) is 5.02. The third kappa shape index (κ3) is 4.53. The number of nitrogens with zero attached hydrogens (tertiary/aromatic N) is 2. The van der Waals surface area contributed by atoms with Crippen LogP contribution in [0.2, 0.25) is 0 Å². The van der Waals surface area contributed by atoms with Gasteiger partial charge < -0.3 is 9.64 Å². The van der Waals surface area contributed by atoms with Gasteiger partial charge >= 0.3 is 0 Å². The number of rotatable bonds is 8. The third-order valence-electron chi connectivity index (χ3n) is 5.61. The van der Waals surface area contributed by atoms with Crippen LogP contribution < -0.4 is 9.64 Å². The van der Waals surface area contributed by atoms with Crippen LogP contribution in [0.25, 0.3) is 5.57 Å². The lowest BCUT2D eigenvalue weighted by molar-refractivity contribution is -0.120. The van der Waals surface area contributed by atoms with Gasteiger partial charge in [-0.2, -0.15) is 0 Å². The Morgan fingerprint density at radius 2 is 1.52 bits per heavy atom. The number of hydrogen-bond acceptors (Lipinski definition) is 4. The van der Waals surface area contributed by atoms with Gasteiger partial charge in [0, 0.05) is 13.6 Å². The minimum Gasteiger partial charge on any atom is -0.491 e. The molecule has 0 fully saturated rings. The van der Waals surface area contributed by atoms with Crippen molar-refractivity contribution in [3.8, 4) is 5.75 Å². The van der Waals surface area contributed by atoms with Crippen molar-refractivity contribution in [3.05, 3.63) is 101 Å². The average molecular weight is 441 g/mol. The molecule has 0 unspecified atom stereocenters. The van der Waals surface area contributed by atoms with Gasteiger partial charge in [0.15, 0.2) is 0 Å². The second-order valence-corrected chi connectivity index (χ2v) is 8.19. The molecule has 5 nitrogen and oxygen atoms in total. The zero-order valence-electron chi connectivity index (χ0n) is 19.2. The Hall–Kier alpha value is -3.86. The summed E-state index contributed by atoms with van der Waals surface area (Å²) in [6.07, 6.45) is 0.828.